The third-order valence-electron chi connectivity index (χ3n) is 3.54. The molecule has 19 heavy (non-hydrogen) atoms. The molecule has 1 aromatic carbocycles. The number of hydrogen-bond acceptors (Lipinski definition) is 2. The van der Waals surface area contributed by atoms with Gasteiger partial charge in [0.2, 0.25) is 11.8 Å². The highest BCUT2D eigenvalue weighted by atomic mass is 16.2. The van der Waals surface area contributed by atoms with Gasteiger partial charge in [-0.2, -0.15) is 0 Å². The van der Waals surface area contributed by atoms with Crippen molar-refractivity contribution >= 4 is 11.8 Å². The molecule has 1 aromatic rings. The lowest BCUT2D eigenvalue weighted by atomic mass is 9.86. The number of benzene rings is 1. The van der Waals surface area contributed by atoms with Gasteiger partial charge < -0.3 is 0 Å². The summed E-state index contributed by atoms with van der Waals surface area (Å²) in [6.45, 7) is 6.90. The maximum Gasteiger partial charge on any atom is 0.229 e. The van der Waals surface area contributed by atoms with Crippen LogP contribution in [-0.2, 0) is 21.5 Å². The van der Waals surface area contributed by atoms with Gasteiger partial charge in [0.25, 0.3) is 0 Å². The lowest BCUT2D eigenvalue weighted by Gasteiger charge is -2.25. The van der Waals surface area contributed by atoms with Crippen LogP contribution in [0.3, 0.4) is 0 Å². The van der Waals surface area contributed by atoms with Crippen LogP contribution >= 0.6 is 0 Å². The van der Waals surface area contributed by atoms with E-state index in [1.807, 2.05) is 12.1 Å². The topological polar surface area (TPSA) is 37.4 Å². The summed E-state index contributed by atoms with van der Waals surface area (Å²) < 4.78 is 0. The minimum atomic E-state index is -0.0452. The van der Waals surface area contributed by atoms with E-state index >= 15 is 0 Å². The monoisotopic (exact) mass is 259 g/mol. The summed E-state index contributed by atoms with van der Waals surface area (Å²) in [6, 6.07) is 8.17. The first-order valence-electron chi connectivity index (χ1n) is 6.80. The molecule has 2 amide bonds. The highest BCUT2D eigenvalue weighted by molar-refractivity contribution is 5.97. The average molecular weight is 259 g/mol. The van der Waals surface area contributed by atoms with Crippen molar-refractivity contribution in [1.29, 1.82) is 0 Å². The number of imide groups is 1. The molecule has 2 rings (SSSR count). The van der Waals surface area contributed by atoms with Gasteiger partial charge >= 0.3 is 0 Å². The fourth-order valence-electron chi connectivity index (χ4n) is 2.27. The Kier molecular flexibility index (Phi) is 3.74. The van der Waals surface area contributed by atoms with Crippen molar-refractivity contribution in [3.8, 4) is 0 Å². The summed E-state index contributed by atoms with van der Waals surface area (Å²) in [5, 5.41) is 0. The largest absolute Gasteiger partial charge is 0.278 e. The predicted octanol–water partition coefficient (Wildman–Crippen LogP) is 3.02. The molecule has 1 saturated heterocycles. The minimum Gasteiger partial charge on any atom is -0.278 e. The van der Waals surface area contributed by atoms with Crippen molar-refractivity contribution in [1.82, 2.24) is 4.90 Å². The summed E-state index contributed by atoms with van der Waals surface area (Å²) in [5.41, 5.74) is 2.39. The van der Waals surface area contributed by atoms with Crippen LogP contribution in [0.15, 0.2) is 24.3 Å². The van der Waals surface area contributed by atoms with E-state index in [0.29, 0.717) is 25.8 Å². The molecule has 1 aliphatic heterocycles. The Hall–Kier alpha value is -1.64. The van der Waals surface area contributed by atoms with Crippen molar-refractivity contribution in [3.05, 3.63) is 35.4 Å². The molecule has 0 aliphatic carbocycles. The Bertz CT molecular complexity index is 466. The first-order valence-corrected chi connectivity index (χ1v) is 6.80. The van der Waals surface area contributed by atoms with E-state index in [9.17, 15) is 9.59 Å². The van der Waals surface area contributed by atoms with Crippen LogP contribution in [0.4, 0.5) is 0 Å². The summed E-state index contributed by atoms with van der Waals surface area (Å²) in [7, 11) is 0. The molecule has 0 unspecified atom stereocenters. The number of carbonyl (C=O) groups is 2. The quantitative estimate of drug-likeness (QED) is 0.766. The average Bonchev–Trinajstić information content (AvgIpc) is 2.33. The van der Waals surface area contributed by atoms with Gasteiger partial charge in [-0.05, 0) is 23.0 Å². The predicted molar refractivity (Wildman–Crippen MR) is 74.6 cm³/mol. The Balaban J connectivity index is 2.11. The lowest BCUT2D eigenvalue weighted by molar-refractivity contribution is -0.148. The Morgan fingerprint density at radius 2 is 1.53 bits per heavy atom. The van der Waals surface area contributed by atoms with Crippen LogP contribution in [0.5, 0.6) is 0 Å². The van der Waals surface area contributed by atoms with Gasteiger partial charge in [-0.25, -0.2) is 0 Å². The Morgan fingerprint density at radius 3 is 2.00 bits per heavy atom. The lowest BCUT2D eigenvalue weighted by Crippen LogP contribution is -2.39. The molecular weight excluding hydrogens is 238 g/mol. The molecule has 1 aliphatic rings. The minimum absolute atomic E-state index is 0.0452. The van der Waals surface area contributed by atoms with E-state index in [1.165, 1.54) is 10.5 Å². The standard InChI is InChI=1S/C16H21NO2/c1-16(2,3)13-9-7-12(8-10-13)11-17-14(18)5-4-6-15(17)19/h7-10H,4-6,11H2,1-3H3. The van der Waals surface area contributed by atoms with Crippen LogP contribution in [0.2, 0.25) is 0 Å². The normalized spacial score (nSPS) is 16.9. The first-order chi connectivity index (χ1) is 8.88. The summed E-state index contributed by atoms with van der Waals surface area (Å²) in [4.78, 5) is 24.9. The smallest absolute Gasteiger partial charge is 0.229 e. The molecule has 1 heterocycles. The molecule has 0 saturated carbocycles. The van der Waals surface area contributed by atoms with Gasteiger partial charge in [-0.3, -0.25) is 14.5 Å². The molecule has 102 valence electrons. The Labute approximate surface area is 114 Å². The molecule has 0 atom stereocenters. The zero-order chi connectivity index (χ0) is 14.0. The van der Waals surface area contributed by atoms with Crippen molar-refractivity contribution in [2.24, 2.45) is 0 Å². The molecule has 3 nitrogen and oxygen atoms in total. The van der Waals surface area contributed by atoms with E-state index < -0.39 is 0 Å². The number of likely N-dealkylation sites (tertiary alicyclic amines) is 1. The molecular formula is C16H21NO2. The van der Waals surface area contributed by atoms with E-state index in [-0.39, 0.29) is 17.2 Å². The van der Waals surface area contributed by atoms with Crippen LogP contribution in [0.1, 0.15) is 51.2 Å². The second-order valence-electron chi connectivity index (χ2n) is 6.17. The molecule has 0 radical (unpaired) electrons. The van der Waals surface area contributed by atoms with E-state index in [1.54, 1.807) is 0 Å². The van der Waals surface area contributed by atoms with Gasteiger partial charge in [-0.1, -0.05) is 45.0 Å². The van der Waals surface area contributed by atoms with Crippen molar-refractivity contribution in [3.63, 3.8) is 0 Å². The number of nitrogens with zero attached hydrogens (tertiary/aromatic N) is 1. The molecule has 0 bridgehead atoms. The van der Waals surface area contributed by atoms with Gasteiger partial charge in [0.05, 0.1) is 6.54 Å². The summed E-state index contributed by atoms with van der Waals surface area (Å²) in [6.07, 6.45) is 1.68. The fraction of sp³-hybridized carbons (Fsp3) is 0.500. The number of rotatable bonds is 2. The third kappa shape index (κ3) is 3.22. The molecule has 0 aromatic heterocycles. The van der Waals surface area contributed by atoms with E-state index in [2.05, 4.69) is 32.9 Å². The van der Waals surface area contributed by atoms with Gasteiger partial charge in [-0.15, -0.1) is 0 Å². The van der Waals surface area contributed by atoms with Crippen LogP contribution in [-0.4, -0.2) is 16.7 Å². The summed E-state index contributed by atoms with van der Waals surface area (Å²) >= 11 is 0. The highest BCUT2D eigenvalue weighted by Gasteiger charge is 2.25. The number of hydrogen-bond donors (Lipinski definition) is 0. The fourth-order valence-corrected chi connectivity index (χ4v) is 2.27. The zero-order valence-corrected chi connectivity index (χ0v) is 11.9. The second kappa shape index (κ2) is 5.16. The van der Waals surface area contributed by atoms with Gasteiger partial charge in [0.15, 0.2) is 0 Å². The number of carbonyl (C=O) groups excluding carboxylic acids is 2. The van der Waals surface area contributed by atoms with E-state index in [4.69, 9.17) is 0 Å². The zero-order valence-electron chi connectivity index (χ0n) is 11.9. The van der Waals surface area contributed by atoms with Gasteiger partial charge in [0, 0.05) is 12.8 Å². The summed E-state index contributed by atoms with van der Waals surface area (Å²) in [5.74, 6) is -0.0905. The molecule has 0 N–H and O–H groups in total. The van der Waals surface area contributed by atoms with Crippen LogP contribution in [0, 0.1) is 0 Å². The van der Waals surface area contributed by atoms with Gasteiger partial charge in [0.1, 0.15) is 0 Å². The SMILES string of the molecule is CC(C)(C)c1ccc(CN2C(=O)CCCC2=O)cc1. The first kappa shape index (κ1) is 13.8. The Morgan fingerprint density at radius 1 is 1.00 bits per heavy atom. The van der Waals surface area contributed by atoms with Crippen molar-refractivity contribution in [2.45, 2.75) is 52.0 Å². The second-order valence-corrected chi connectivity index (χ2v) is 6.17. The number of amides is 2. The van der Waals surface area contributed by atoms with Crippen LogP contribution < -0.4 is 0 Å². The van der Waals surface area contributed by atoms with Crippen LogP contribution in [0.25, 0.3) is 0 Å². The number of piperidine rings is 1. The van der Waals surface area contributed by atoms with E-state index in [0.717, 1.165) is 5.56 Å². The van der Waals surface area contributed by atoms with Crippen molar-refractivity contribution in [2.75, 3.05) is 0 Å². The van der Waals surface area contributed by atoms with Crippen molar-refractivity contribution < 1.29 is 9.59 Å². The molecule has 1 fully saturated rings. The highest BCUT2D eigenvalue weighted by Crippen LogP contribution is 2.23. The maximum absolute atomic E-state index is 11.7. The molecule has 0 spiro atoms. The third-order valence-corrected chi connectivity index (χ3v) is 3.54. The maximum atomic E-state index is 11.7. The molecule has 3 heteroatoms.